The van der Waals surface area contributed by atoms with Crippen molar-refractivity contribution in [3.63, 3.8) is 0 Å². The lowest BCUT2D eigenvalue weighted by Gasteiger charge is -2.03. The molecule has 0 aliphatic carbocycles. The first-order valence-electron chi connectivity index (χ1n) is 4.67. The normalized spacial score (nSPS) is 10.5. The Bertz CT molecular complexity index is 662. The molecule has 0 saturated carbocycles. The van der Waals surface area contributed by atoms with E-state index in [0.717, 1.165) is 0 Å². The molecule has 1 aromatic heterocycles. The van der Waals surface area contributed by atoms with E-state index in [4.69, 9.17) is 9.15 Å². The van der Waals surface area contributed by atoms with Crippen LogP contribution in [0, 0.1) is 17.0 Å². The van der Waals surface area contributed by atoms with Crippen LogP contribution in [0.1, 0.15) is 5.89 Å². The van der Waals surface area contributed by atoms with E-state index in [-0.39, 0.29) is 28.2 Å². The zero-order valence-corrected chi connectivity index (χ0v) is 9.09. The van der Waals surface area contributed by atoms with Gasteiger partial charge in [0.05, 0.1) is 22.9 Å². The average molecular weight is 236 g/mol. The van der Waals surface area contributed by atoms with Crippen LogP contribution in [0.5, 0.6) is 5.75 Å². The minimum Gasteiger partial charge on any atom is -0.490 e. The summed E-state index contributed by atoms with van der Waals surface area (Å²) in [7, 11) is 1.29. The van der Waals surface area contributed by atoms with Crippen molar-refractivity contribution in [2.24, 2.45) is 0 Å². The highest BCUT2D eigenvalue weighted by Gasteiger charge is 2.18. The fourth-order valence-electron chi connectivity index (χ4n) is 1.50. The molecule has 0 spiro atoms. The van der Waals surface area contributed by atoms with Crippen molar-refractivity contribution in [1.82, 2.24) is 4.98 Å². The third kappa shape index (κ3) is 1.82. The van der Waals surface area contributed by atoms with E-state index < -0.39 is 10.5 Å². The summed E-state index contributed by atoms with van der Waals surface area (Å²) < 4.78 is 9.65. The van der Waals surface area contributed by atoms with Crippen LogP contribution in [0.2, 0.25) is 0 Å². The summed E-state index contributed by atoms with van der Waals surface area (Å²) in [6, 6.07) is 2.45. The highest BCUT2D eigenvalue weighted by atomic mass is 16.6. The van der Waals surface area contributed by atoms with Gasteiger partial charge in [0.2, 0.25) is 0 Å². The van der Waals surface area contributed by atoms with E-state index in [1.165, 1.54) is 26.2 Å². The van der Waals surface area contributed by atoms with Crippen LogP contribution >= 0.6 is 0 Å². The van der Waals surface area contributed by atoms with Crippen LogP contribution in [0.15, 0.2) is 21.3 Å². The average Bonchev–Trinajstić information content (AvgIpc) is 2.27. The smallest absolute Gasteiger partial charge is 0.346 e. The van der Waals surface area contributed by atoms with E-state index in [1.807, 2.05) is 0 Å². The first-order chi connectivity index (χ1) is 8.02. The Labute approximate surface area is 94.8 Å². The van der Waals surface area contributed by atoms with Crippen LogP contribution < -0.4 is 10.4 Å². The Morgan fingerprint density at radius 2 is 2.18 bits per heavy atom. The number of benzene rings is 1. The van der Waals surface area contributed by atoms with Gasteiger partial charge in [-0.3, -0.25) is 10.1 Å². The molecule has 2 rings (SSSR count). The molecule has 0 aliphatic heterocycles. The molecule has 7 heteroatoms. The van der Waals surface area contributed by atoms with Crippen molar-refractivity contribution in [1.29, 1.82) is 0 Å². The SMILES string of the molecule is COc1cc2c(=O)oc(C)nc2cc1[N+](=O)[O-]. The fourth-order valence-corrected chi connectivity index (χ4v) is 1.50. The molecular weight excluding hydrogens is 228 g/mol. The summed E-state index contributed by atoms with van der Waals surface area (Å²) in [6.45, 7) is 1.50. The van der Waals surface area contributed by atoms with Gasteiger partial charge in [0, 0.05) is 19.1 Å². The molecule has 0 fully saturated rings. The second-order valence-electron chi connectivity index (χ2n) is 3.32. The molecule has 17 heavy (non-hydrogen) atoms. The summed E-state index contributed by atoms with van der Waals surface area (Å²) >= 11 is 0. The largest absolute Gasteiger partial charge is 0.490 e. The summed E-state index contributed by atoms with van der Waals surface area (Å²) in [5, 5.41) is 10.9. The van der Waals surface area contributed by atoms with Crippen molar-refractivity contribution >= 4 is 16.6 Å². The van der Waals surface area contributed by atoms with Gasteiger partial charge in [-0.05, 0) is 0 Å². The number of methoxy groups -OCH3 is 1. The van der Waals surface area contributed by atoms with Gasteiger partial charge in [0.15, 0.2) is 11.6 Å². The highest BCUT2D eigenvalue weighted by Crippen LogP contribution is 2.29. The lowest BCUT2D eigenvalue weighted by molar-refractivity contribution is -0.385. The molecule has 0 amide bonds. The Balaban J connectivity index is 2.88. The number of fused-ring (bicyclic) bond motifs is 1. The van der Waals surface area contributed by atoms with E-state index in [0.29, 0.717) is 0 Å². The number of hydrogen-bond donors (Lipinski definition) is 0. The number of hydrogen-bond acceptors (Lipinski definition) is 6. The Hall–Kier alpha value is -2.44. The van der Waals surface area contributed by atoms with Gasteiger partial charge in [-0.15, -0.1) is 0 Å². The zero-order chi connectivity index (χ0) is 12.6. The molecule has 7 nitrogen and oxygen atoms in total. The topological polar surface area (TPSA) is 95.5 Å². The number of aryl methyl sites for hydroxylation is 1. The van der Waals surface area contributed by atoms with Gasteiger partial charge in [0.1, 0.15) is 0 Å². The minimum atomic E-state index is -0.597. The number of nitro groups is 1. The van der Waals surface area contributed by atoms with Crippen molar-refractivity contribution in [3.8, 4) is 5.75 Å². The fraction of sp³-hybridized carbons (Fsp3) is 0.200. The molecule has 1 heterocycles. The van der Waals surface area contributed by atoms with Gasteiger partial charge >= 0.3 is 11.3 Å². The maximum absolute atomic E-state index is 11.5. The molecule has 1 aromatic carbocycles. The quantitative estimate of drug-likeness (QED) is 0.577. The van der Waals surface area contributed by atoms with Gasteiger partial charge in [-0.2, -0.15) is 0 Å². The number of nitrogens with zero attached hydrogens (tertiary/aromatic N) is 2. The molecule has 88 valence electrons. The summed E-state index contributed by atoms with van der Waals surface area (Å²) in [5.74, 6) is 0.155. The Morgan fingerprint density at radius 1 is 1.47 bits per heavy atom. The van der Waals surface area contributed by atoms with Gasteiger partial charge in [-0.1, -0.05) is 0 Å². The Kier molecular flexibility index (Phi) is 2.51. The first-order valence-corrected chi connectivity index (χ1v) is 4.67. The van der Waals surface area contributed by atoms with Crippen LogP contribution in [0.4, 0.5) is 5.69 Å². The molecule has 0 bridgehead atoms. The van der Waals surface area contributed by atoms with Crippen molar-refractivity contribution in [2.75, 3.05) is 7.11 Å². The number of nitro benzene ring substituents is 1. The monoisotopic (exact) mass is 236 g/mol. The summed E-state index contributed by atoms with van der Waals surface area (Å²) in [6.07, 6.45) is 0. The zero-order valence-electron chi connectivity index (χ0n) is 9.09. The predicted molar refractivity (Wildman–Crippen MR) is 58.2 cm³/mol. The van der Waals surface area contributed by atoms with E-state index in [2.05, 4.69) is 4.98 Å². The second kappa shape index (κ2) is 3.85. The predicted octanol–water partition coefficient (Wildman–Crippen LogP) is 1.41. The number of aromatic nitrogens is 1. The number of rotatable bonds is 2. The van der Waals surface area contributed by atoms with Crippen molar-refractivity contribution < 1.29 is 14.1 Å². The van der Waals surface area contributed by atoms with Crippen LogP contribution in [-0.2, 0) is 0 Å². The highest BCUT2D eigenvalue weighted by molar-refractivity contribution is 5.82. The Morgan fingerprint density at radius 3 is 2.76 bits per heavy atom. The van der Waals surface area contributed by atoms with Gasteiger partial charge < -0.3 is 9.15 Å². The van der Waals surface area contributed by atoms with Crippen molar-refractivity contribution in [3.05, 3.63) is 38.6 Å². The molecule has 0 saturated heterocycles. The third-order valence-electron chi connectivity index (χ3n) is 2.23. The van der Waals surface area contributed by atoms with Gasteiger partial charge in [0.25, 0.3) is 0 Å². The lowest BCUT2D eigenvalue weighted by atomic mass is 10.2. The summed E-state index contributed by atoms with van der Waals surface area (Å²) in [4.78, 5) is 25.6. The molecule has 2 aromatic rings. The molecule has 0 radical (unpaired) electrons. The van der Waals surface area contributed by atoms with Crippen LogP contribution in [0.3, 0.4) is 0 Å². The van der Waals surface area contributed by atoms with Gasteiger partial charge in [-0.25, -0.2) is 9.78 Å². The third-order valence-corrected chi connectivity index (χ3v) is 2.23. The standard InChI is InChI=1S/C10H8N2O5/c1-5-11-7-4-8(12(14)15)9(16-2)3-6(7)10(13)17-5/h3-4H,1-2H3. The van der Waals surface area contributed by atoms with E-state index in [1.54, 1.807) is 0 Å². The van der Waals surface area contributed by atoms with E-state index >= 15 is 0 Å². The molecule has 0 aliphatic rings. The maximum atomic E-state index is 11.5. The number of ether oxygens (including phenoxy) is 1. The molecule has 0 atom stereocenters. The molecule has 0 N–H and O–H groups in total. The maximum Gasteiger partial charge on any atom is 0.346 e. The van der Waals surface area contributed by atoms with E-state index in [9.17, 15) is 14.9 Å². The molecular formula is C10H8N2O5. The second-order valence-corrected chi connectivity index (χ2v) is 3.32. The van der Waals surface area contributed by atoms with Crippen molar-refractivity contribution in [2.45, 2.75) is 6.92 Å². The first kappa shape index (κ1) is 11.1. The summed E-state index contributed by atoms with van der Waals surface area (Å²) in [5.41, 5.74) is -0.621. The minimum absolute atomic E-state index is 0.000420. The molecule has 0 unspecified atom stereocenters. The van der Waals surface area contributed by atoms with Crippen LogP contribution in [0.25, 0.3) is 10.9 Å². The lowest BCUT2D eigenvalue weighted by Crippen LogP contribution is -2.04. The van der Waals surface area contributed by atoms with Crippen LogP contribution in [-0.4, -0.2) is 17.0 Å².